The van der Waals surface area contributed by atoms with Crippen LogP contribution in [0.25, 0.3) is 0 Å². The van der Waals surface area contributed by atoms with E-state index in [0.29, 0.717) is 5.82 Å². The lowest BCUT2D eigenvalue weighted by molar-refractivity contribution is 0.269. The van der Waals surface area contributed by atoms with Gasteiger partial charge in [0.25, 0.3) is 0 Å². The van der Waals surface area contributed by atoms with E-state index in [0.717, 1.165) is 0 Å². The Hall–Kier alpha value is -1.16. The highest BCUT2D eigenvalue weighted by Gasteiger charge is 2.09. The summed E-state index contributed by atoms with van der Waals surface area (Å²) < 4.78 is 12.7. The van der Waals surface area contributed by atoms with Crippen molar-refractivity contribution in [2.24, 2.45) is 0 Å². The van der Waals surface area contributed by atoms with E-state index in [1.165, 1.54) is 6.07 Å². The van der Waals surface area contributed by atoms with Crippen LogP contribution in [-0.2, 0) is 0 Å². The minimum atomic E-state index is -0.505. The molecule has 4 heteroatoms. The zero-order valence-electron chi connectivity index (χ0n) is 7.74. The molecule has 0 radical (unpaired) electrons. The van der Waals surface area contributed by atoms with Gasteiger partial charge in [-0.2, -0.15) is 4.39 Å². The summed E-state index contributed by atoms with van der Waals surface area (Å²) in [5.74, 6) is 0.0241. The molecular formula is C9H13FN2O. The molecule has 72 valence electrons. The Kier molecular flexibility index (Phi) is 3.19. The summed E-state index contributed by atoms with van der Waals surface area (Å²) in [6, 6.07) is 4.53. The molecule has 0 spiro atoms. The summed E-state index contributed by atoms with van der Waals surface area (Å²) in [7, 11) is 1.77. The van der Waals surface area contributed by atoms with E-state index >= 15 is 0 Å². The molecule has 0 bridgehead atoms. The predicted octanol–water partition coefficient (Wildman–Crippen LogP) is 1.04. The van der Waals surface area contributed by atoms with Crippen LogP contribution in [0.4, 0.5) is 10.2 Å². The molecule has 0 saturated heterocycles. The molecule has 0 saturated carbocycles. The zero-order valence-corrected chi connectivity index (χ0v) is 7.74. The third kappa shape index (κ3) is 2.39. The van der Waals surface area contributed by atoms with Crippen molar-refractivity contribution >= 4 is 5.82 Å². The normalized spacial score (nSPS) is 12.6. The molecule has 0 aromatic carbocycles. The molecule has 0 fully saturated rings. The molecule has 0 unspecified atom stereocenters. The SMILES string of the molecule is C[C@@H](CO)N(C)c1cccc(F)n1. The molecule has 1 aromatic heterocycles. The molecule has 0 amide bonds. The molecule has 1 atom stereocenters. The zero-order chi connectivity index (χ0) is 9.84. The van der Waals surface area contributed by atoms with Gasteiger partial charge in [0.05, 0.1) is 12.6 Å². The van der Waals surface area contributed by atoms with Gasteiger partial charge >= 0.3 is 0 Å². The molecular weight excluding hydrogens is 171 g/mol. The lowest BCUT2D eigenvalue weighted by atomic mass is 10.3. The smallest absolute Gasteiger partial charge is 0.214 e. The number of hydrogen-bond acceptors (Lipinski definition) is 3. The van der Waals surface area contributed by atoms with Crippen LogP contribution in [0.15, 0.2) is 18.2 Å². The number of rotatable bonds is 3. The number of anilines is 1. The van der Waals surface area contributed by atoms with Gasteiger partial charge < -0.3 is 10.0 Å². The monoisotopic (exact) mass is 184 g/mol. The van der Waals surface area contributed by atoms with Crippen LogP contribution in [0.3, 0.4) is 0 Å². The van der Waals surface area contributed by atoms with Crippen LogP contribution in [0.5, 0.6) is 0 Å². The number of likely N-dealkylation sites (N-methyl/N-ethyl adjacent to an activating group) is 1. The van der Waals surface area contributed by atoms with Crippen molar-refractivity contribution in [3.63, 3.8) is 0 Å². The van der Waals surface area contributed by atoms with E-state index < -0.39 is 5.95 Å². The van der Waals surface area contributed by atoms with E-state index in [1.807, 2.05) is 6.92 Å². The molecule has 0 aliphatic carbocycles. The number of aliphatic hydroxyl groups is 1. The van der Waals surface area contributed by atoms with Gasteiger partial charge in [0.1, 0.15) is 5.82 Å². The fourth-order valence-corrected chi connectivity index (χ4v) is 0.942. The Morgan fingerprint density at radius 3 is 2.85 bits per heavy atom. The maximum absolute atomic E-state index is 12.7. The Bertz CT molecular complexity index is 280. The summed E-state index contributed by atoms with van der Waals surface area (Å²) in [5.41, 5.74) is 0. The first-order valence-electron chi connectivity index (χ1n) is 4.11. The maximum atomic E-state index is 12.7. The molecule has 1 rings (SSSR count). The molecule has 3 nitrogen and oxygen atoms in total. The maximum Gasteiger partial charge on any atom is 0.214 e. The number of pyridine rings is 1. The van der Waals surface area contributed by atoms with Crippen molar-refractivity contribution in [1.29, 1.82) is 0 Å². The largest absolute Gasteiger partial charge is 0.394 e. The highest BCUT2D eigenvalue weighted by molar-refractivity contribution is 5.37. The molecule has 1 N–H and O–H groups in total. The van der Waals surface area contributed by atoms with Crippen LogP contribution in [0, 0.1) is 5.95 Å². The van der Waals surface area contributed by atoms with Crippen molar-refractivity contribution in [2.75, 3.05) is 18.6 Å². The average molecular weight is 184 g/mol. The van der Waals surface area contributed by atoms with Crippen molar-refractivity contribution in [3.8, 4) is 0 Å². The van der Waals surface area contributed by atoms with Gasteiger partial charge in [-0.05, 0) is 19.1 Å². The highest BCUT2D eigenvalue weighted by atomic mass is 19.1. The summed E-state index contributed by atoms with van der Waals surface area (Å²) in [6.45, 7) is 1.86. The number of hydrogen-bond donors (Lipinski definition) is 1. The number of aliphatic hydroxyl groups excluding tert-OH is 1. The second-order valence-corrected chi connectivity index (χ2v) is 2.96. The van der Waals surface area contributed by atoms with Gasteiger partial charge in [-0.1, -0.05) is 6.07 Å². The molecule has 13 heavy (non-hydrogen) atoms. The highest BCUT2D eigenvalue weighted by Crippen LogP contribution is 2.11. The minimum absolute atomic E-state index is 0.0225. The van der Waals surface area contributed by atoms with Crippen LogP contribution in [0.1, 0.15) is 6.92 Å². The van der Waals surface area contributed by atoms with Crippen molar-refractivity contribution in [2.45, 2.75) is 13.0 Å². The van der Waals surface area contributed by atoms with Gasteiger partial charge in [-0.3, -0.25) is 0 Å². The predicted molar refractivity (Wildman–Crippen MR) is 49.1 cm³/mol. The van der Waals surface area contributed by atoms with Crippen molar-refractivity contribution in [3.05, 3.63) is 24.1 Å². The summed E-state index contributed by atoms with van der Waals surface area (Å²) in [4.78, 5) is 5.42. The summed E-state index contributed by atoms with van der Waals surface area (Å²) >= 11 is 0. The Morgan fingerprint density at radius 2 is 2.31 bits per heavy atom. The van der Waals surface area contributed by atoms with E-state index in [4.69, 9.17) is 5.11 Å². The van der Waals surface area contributed by atoms with Gasteiger partial charge in [0, 0.05) is 7.05 Å². The summed E-state index contributed by atoms with van der Waals surface area (Å²) in [6.07, 6.45) is 0. The van der Waals surface area contributed by atoms with E-state index in [1.54, 1.807) is 24.1 Å². The van der Waals surface area contributed by atoms with Crippen molar-refractivity contribution in [1.82, 2.24) is 4.98 Å². The first kappa shape index (κ1) is 9.92. The van der Waals surface area contributed by atoms with Crippen LogP contribution in [0.2, 0.25) is 0 Å². The number of nitrogens with zero attached hydrogens (tertiary/aromatic N) is 2. The van der Waals surface area contributed by atoms with Gasteiger partial charge in [-0.25, -0.2) is 4.98 Å². The second-order valence-electron chi connectivity index (χ2n) is 2.96. The van der Waals surface area contributed by atoms with Crippen LogP contribution >= 0.6 is 0 Å². The Morgan fingerprint density at radius 1 is 1.62 bits per heavy atom. The molecule has 1 heterocycles. The topological polar surface area (TPSA) is 36.4 Å². The van der Waals surface area contributed by atoms with E-state index in [-0.39, 0.29) is 12.6 Å². The first-order chi connectivity index (χ1) is 6.15. The lowest BCUT2D eigenvalue weighted by Gasteiger charge is -2.23. The first-order valence-corrected chi connectivity index (χ1v) is 4.11. The van der Waals surface area contributed by atoms with Crippen LogP contribution in [-0.4, -0.2) is 29.8 Å². The standard InChI is InChI=1S/C9H13FN2O/c1-7(6-13)12(2)9-5-3-4-8(10)11-9/h3-5,7,13H,6H2,1-2H3/t7-/m0/s1. The van der Waals surface area contributed by atoms with E-state index in [9.17, 15) is 4.39 Å². The Labute approximate surface area is 76.8 Å². The van der Waals surface area contributed by atoms with Gasteiger partial charge in [-0.15, -0.1) is 0 Å². The van der Waals surface area contributed by atoms with Gasteiger partial charge in [0.15, 0.2) is 0 Å². The fraction of sp³-hybridized carbons (Fsp3) is 0.444. The molecule has 0 aliphatic heterocycles. The quantitative estimate of drug-likeness (QED) is 0.713. The van der Waals surface area contributed by atoms with Gasteiger partial charge in [0.2, 0.25) is 5.95 Å². The molecule has 0 aliphatic rings. The fourth-order valence-electron chi connectivity index (χ4n) is 0.942. The molecule has 1 aromatic rings. The lowest BCUT2D eigenvalue weighted by Crippen LogP contribution is -2.32. The third-order valence-corrected chi connectivity index (χ3v) is 1.99. The minimum Gasteiger partial charge on any atom is -0.394 e. The Balaban J connectivity index is 2.82. The third-order valence-electron chi connectivity index (χ3n) is 1.99. The van der Waals surface area contributed by atoms with Crippen molar-refractivity contribution < 1.29 is 9.50 Å². The second kappa shape index (κ2) is 4.18. The summed E-state index contributed by atoms with van der Waals surface area (Å²) in [5, 5.41) is 8.87. The van der Waals surface area contributed by atoms with E-state index in [2.05, 4.69) is 4.98 Å². The number of halogens is 1. The average Bonchev–Trinajstić information content (AvgIpc) is 2.15. The van der Waals surface area contributed by atoms with Crippen LogP contribution < -0.4 is 4.90 Å². The number of aromatic nitrogens is 1.